The summed E-state index contributed by atoms with van der Waals surface area (Å²) in [6, 6.07) is 10.1. The van der Waals surface area contributed by atoms with Gasteiger partial charge in [-0.25, -0.2) is 4.79 Å². The molecule has 2 rings (SSSR count). The predicted molar refractivity (Wildman–Crippen MR) is 106 cm³/mol. The molecule has 160 valence electrons. The van der Waals surface area contributed by atoms with Crippen LogP contribution in [0.15, 0.2) is 42.5 Å². The Balaban J connectivity index is 2.33. The third kappa shape index (κ3) is 5.76. The van der Waals surface area contributed by atoms with Gasteiger partial charge in [-0.3, -0.25) is 20.2 Å². The van der Waals surface area contributed by atoms with Gasteiger partial charge < -0.3 is 31.3 Å². The van der Waals surface area contributed by atoms with Gasteiger partial charge in [0, 0.05) is 21.2 Å². The number of hydrogen-bond donors (Lipinski definition) is 6. The molecule has 2 aromatic rings. The van der Waals surface area contributed by atoms with E-state index in [1.165, 1.54) is 24.3 Å². The Labute approximate surface area is 169 Å². The molecule has 0 bridgehead atoms. The molecule has 0 aliphatic carbocycles. The lowest BCUT2D eigenvalue weighted by Gasteiger charge is -2.17. The number of carboxylic acid groups (broad SMARTS) is 1. The number of nitrogens with zero attached hydrogens (tertiary/aromatic N) is 2. The van der Waals surface area contributed by atoms with E-state index in [0.29, 0.717) is 11.4 Å². The van der Waals surface area contributed by atoms with E-state index in [2.05, 4.69) is 16.0 Å². The topological polar surface area (TPSA) is 200 Å². The zero-order valence-electron chi connectivity index (χ0n) is 15.4. The smallest absolute Gasteiger partial charge is 0.335 e. The van der Waals surface area contributed by atoms with Crippen molar-refractivity contribution in [2.75, 3.05) is 29.2 Å². The molecule has 0 saturated carbocycles. The molecule has 13 heteroatoms. The Morgan fingerprint density at radius 2 is 1.50 bits per heavy atom. The van der Waals surface area contributed by atoms with Crippen molar-refractivity contribution in [3.63, 3.8) is 0 Å². The molecule has 30 heavy (non-hydrogen) atoms. The number of aliphatic hydroxyl groups is 2. The summed E-state index contributed by atoms with van der Waals surface area (Å²) in [4.78, 5) is 31.7. The lowest BCUT2D eigenvalue weighted by molar-refractivity contribution is -0.518. The lowest BCUT2D eigenvalue weighted by atomic mass is 10.1. The zero-order chi connectivity index (χ0) is 22.3. The Morgan fingerprint density at radius 1 is 0.900 bits per heavy atom. The van der Waals surface area contributed by atoms with E-state index in [1.54, 1.807) is 18.2 Å². The van der Waals surface area contributed by atoms with Crippen molar-refractivity contribution in [3.8, 4) is 0 Å². The van der Waals surface area contributed by atoms with Crippen molar-refractivity contribution < 1.29 is 30.0 Å². The predicted octanol–water partition coefficient (Wildman–Crippen LogP) is 1.14. The van der Waals surface area contributed by atoms with Crippen LogP contribution in [-0.4, -0.2) is 56.7 Å². The summed E-state index contributed by atoms with van der Waals surface area (Å²) in [6.07, 6.45) is -2.97. The normalized spacial score (nSPS) is 12.5. The third-order valence-corrected chi connectivity index (χ3v) is 3.92. The molecule has 0 fully saturated rings. The molecule has 0 saturated heterocycles. The van der Waals surface area contributed by atoms with Gasteiger partial charge in [-0.2, -0.15) is 0 Å². The Hall–Kier alpha value is -3.97. The molecule has 0 heterocycles. The van der Waals surface area contributed by atoms with Crippen LogP contribution in [-0.2, 0) is 0 Å². The van der Waals surface area contributed by atoms with Gasteiger partial charge in [0.05, 0.1) is 16.9 Å². The number of carbonyl (C=O) groups is 1. The first-order valence-corrected chi connectivity index (χ1v) is 8.51. The first kappa shape index (κ1) is 22.3. The number of anilines is 4. The third-order valence-electron chi connectivity index (χ3n) is 3.92. The molecule has 2 unspecified atom stereocenters. The average Bonchev–Trinajstić information content (AvgIpc) is 2.70. The number of aliphatic hydroxyl groups excluding tert-OH is 2. The monoisotopic (exact) mass is 421 g/mol. The van der Waals surface area contributed by atoms with Gasteiger partial charge in [-0.05, 0) is 36.4 Å². The highest BCUT2D eigenvalue weighted by Gasteiger charge is 2.21. The molecule has 0 aliphatic rings. The fourth-order valence-electron chi connectivity index (χ4n) is 2.45. The van der Waals surface area contributed by atoms with Gasteiger partial charge in [-0.1, -0.05) is 6.07 Å². The quantitative estimate of drug-likeness (QED) is 0.173. The Kier molecular flexibility index (Phi) is 7.44. The van der Waals surface area contributed by atoms with E-state index in [9.17, 15) is 30.1 Å². The molecule has 0 aromatic heterocycles. The highest BCUT2D eigenvalue weighted by atomic mass is 16.6. The summed E-state index contributed by atoms with van der Waals surface area (Å²) >= 11 is 0. The van der Waals surface area contributed by atoms with Gasteiger partial charge in [0.15, 0.2) is 0 Å². The van der Waals surface area contributed by atoms with Crippen LogP contribution in [0.25, 0.3) is 0 Å². The maximum absolute atomic E-state index is 11.2. The second-order valence-corrected chi connectivity index (χ2v) is 6.03. The molecule has 0 radical (unpaired) electrons. The molecule has 0 amide bonds. The molecule has 2 atom stereocenters. The zero-order valence-corrected chi connectivity index (χ0v) is 15.4. The fraction of sp³-hybridized carbons (Fsp3) is 0.235. The largest absolute Gasteiger partial charge is 0.478 e. The van der Waals surface area contributed by atoms with Crippen LogP contribution in [0.5, 0.6) is 0 Å². The van der Waals surface area contributed by atoms with Gasteiger partial charge in [0.25, 0.3) is 0 Å². The van der Waals surface area contributed by atoms with E-state index in [1.807, 2.05) is 0 Å². The summed E-state index contributed by atoms with van der Waals surface area (Å²) in [5.74, 6) is -1.24. The van der Waals surface area contributed by atoms with Crippen LogP contribution in [0, 0.1) is 20.2 Å². The number of carboxylic acids is 1. The van der Waals surface area contributed by atoms with Crippen molar-refractivity contribution in [1.29, 1.82) is 0 Å². The molecule has 2 aromatic carbocycles. The summed E-state index contributed by atoms with van der Waals surface area (Å²) in [5, 5.41) is 57.2. The highest BCUT2D eigenvalue weighted by molar-refractivity contribution is 5.91. The van der Waals surface area contributed by atoms with Gasteiger partial charge in [0.1, 0.15) is 13.2 Å². The van der Waals surface area contributed by atoms with Crippen LogP contribution < -0.4 is 16.0 Å². The fourth-order valence-corrected chi connectivity index (χ4v) is 2.45. The van der Waals surface area contributed by atoms with Crippen LogP contribution in [0.3, 0.4) is 0 Å². The second-order valence-electron chi connectivity index (χ2n) is 6.03. The molecule has 0 aliphatic heterocycles. The van der Waals surface area contributed by atoms with Crippen LogP contribution in [0.1, 0.15) is 10.4 Å². The SMILES string of the molecule is O=C(O)c1ccc(Nc2cccc(NC(CO)[N+](=O)[O-])c2)c(NC(CO)[N+](=O)[O-])c1. The van der Waals surface area contributed by atoms with E-state index in [0.717, 1.165) is 0 Å². The number of aromatic carboxylic acids is 1. The maximum Gasteiger partial charge on any atom is 0.335 e. The molecule has 0 spiro atoms. The van der Waals surface area contributed by atoms with E-state index in [4.69, 9.17) is 10.2 Å². The first-order chi connectivity index (χ1) is 14.2. The second kappa shape index (κ2) is 9.99. The van der Waals surface area contributed by atoms with Crippen molar-refractivity contribution in [1.82, 2.24) is 0 Å². The molecular formula is C17H19N5O8. The summed E-state index contributed by atoms with van der Waals surface area (Å²) in [7, 11) is 0. The van der Waals surface area contributed by atoms with E-state index in [-0.39, 0.29) is 16.9 Å². The van der Waals surface area contributed by atoms with Crippen molar-refractivity contribution in [3.05, 3.63) is 68.3 Å². The van der Waals surface area contributed by atoms with Crippen molar-refractivity contribution in [2.24, 2.45) is 0 Å². The number of nitro groups is 2. The minimum atomic E-state index is -1.56. The number of benzene rings is 2. The summed E-state index contributed by atoms with van der Waals surface area (Å²) < 4.78 is 0. The maximum atomic E-state index is 11.2. The number of rotatable bonds is 11. The van der Waals surface area contributed by atoms with Crippen molar-refractivity contribution in [2.45, 2.75) is 12.3 Å². The standard InChI is InChI=1S/C17H19N5O8/c23-8-15(21(27)28)19-12-3-1-2-11(7-12)18-13-5-4-10(17(25)26)6-14(13)20-16(9-24)22(29)30/h1-7,15-16,18-20,23-24H,8-9H2,(H,25,26). The van der Waals surface area contributed by atoms with Crippen LogP contribution in [0.2, 0.25) is 0 Å². The van der Waals surface area contributed by atoms with E-state index >= 15 is 0 Å². The van der Waals surface area contributed by atoms with Gasteiger partial charge >= 0.3 is 18.3 Å². The van der Waals surface area contributed by atoms with E-state index < -0.39 is 41.4 Å². The lowest BCUT2D eigenvalue weighted by Crippen LogP contribution is -2.32. The van der Waals surface area contributed by atoms with Crippen LogP contribution >= 0.6 is 0 Å². The van der Waals surface area contributed by atoms with Crippen molar-refractivity contribution >= 4 is 28.7 Å². The summed E-state index contributed by atoms with van der Waals surface area (Å²) in [5.41, 5.74) is 0.946. The Morgan fingerprint density at radius 3 is 2.07 bits per heavy atom. The summed E-state index contributed by atoms with van der Waals surface area (Å²) in [6.45, 7) is -1.55. The molecule has 13 nitrogen and oxygen atoms in total. The average molecular weight is 421 g/mol. The molecular weight excluding hydrogens is 402 g/mol. The molecule has 6 N–H and O–H groups in total. The number of hydrogen-bond acceptors (Lipinski definition) is 10. The number of nitrogens with one attached hydrogen (secondary N) is 3. The minimum absolute atomic E-state index is 0.0579. The van der Waals surface area contributed by atoms with Gasteiger partial charge in [0.2, 0.25) is 0 Å². The first-order valence-electron chi connectivity index (χ1n) is 8.51. The Bertz CT molecular complexity index is 938. The highest BCUT2D eigenvalue weighted by Crippen LogP contribution is 2.29. The van der Waals surface area contributed by atoms with Crippen LogP contribution in [0.4, 0.5) is 22.7 Å². The minimum Gasteiger partial charge on any atom is -0.478 e. The van der Waals surface area contributed by atoms with Gasteiger partial charge in [-0.15, -0.1) is 0 Å².